The van der Waals surface area contributed by atoms with Gasteiger partial charge in [0.1, 0.15) is 5.84 Å². The number of likely N-dealkylation sites (tertiary alicyclic amines) is 1. The van der Waals surface area contributed by atoms with E-state index in [1.54, 1.807) is 0 Å². The molecular formula is C20H26F3N5O3. The zero-order valence-electron chi connectivity index (χ0n) is 16.9. The van der Waals surface area contributed by atoms with Crippen LogP contribution in [0.15, 0.2) is 29.4 Å². The zero-order chi connectivity index (χ0) is 22.6. The average molecular weight is 441 g/mol. The molecule has 1 aliphatic heterocycles. The van der Waals surface area contributed by atoms with Crippen molar-refractivity contribution in [2.75, 3.05) is 19.6 Å². The smallest absolute Gasteiger partial charge is 0.409 e. The number of nitrogens with two attached hydrogens (primary N) is 1. The van der Waals surface area contributed by atoms with Crippen LogP contribution in [0, 0.1) is 5.92 Å². The number of hydrogen-bond donors (Lipinski definition) is 4. The molecule has 11 heteroatoms. The van der Waals surface area contributed by atoms with Crippen molar-refractivity contribution in [3.63, 3.8) is 0 Å². The SMILES string of the molecule is NC(=NO)C1CCC(N2CC(NC(=O)CNC(=O)c3cccc(C(F)(F)F)c3)C2)CC1. The summed E-state index contributed by atoms with van der Waals surface area (Å²) in [6.45, 7) is 1.09. The summed E-state index contributed by atoms with van der Waals surface area (Å²) in [4.78, 5) is 26.4. The Bertz CT molecular complexity index is 832. The normalized spacial score (nSPS) is 23.1. The van der Waals surface area contributed by atoms with Crippen molar-refractivity contribution in [1.29, 1.82) is 0 Å². The number of alkyl halides is 3. The van der Waals surface area contributed by atoms with Crippen LogP contribution in [0.3, 0.4) is 0 Å². The van der Waals surface area contributed by atoms with Crippen LogP contribution in [0.4, 0.5) is 13.2 Å². The molecule has 2 amide bonds. The zero-order valence-corrected chi connectivity index (χ0v) is 16.9. The van der Waals surface area contributed by atoms with Crippen LogP contribution in [0.5, 0.6) is 0 Å². The summed E-state index contributed by atoms with van der Waals surface area (Å²) in [7, 11) is 0. The van der Waals surface area contributed by atoms with Crippen LogP contribution < -0.4 is 16.4 Å². The van der Waals surface area contributed by atoms with Crippen LogP contribution in [0.1, 0.15) is 41.6 Å². The van der Waals surface area contributed by atoms with Gasteiger partial charge in [-0.05, 0) is 43.9 Å². The summed E-state index contributed by atoms with van der Waals surface area (Å²) in [6.07, 6.45) is -0.948. The van der Waals surface area contributed by atoms with Crippen molar-refractivity contribution in [2.24, 2.45) is 16.8 Å². The Morgan fingerprint density at radius 1 is 1.19 bits per heavy atom. The van der Waals surface area contributed by atoms with Gasteiger partial charge >= 0.3 is 6.18 Å². The highest BCUT2D eigenvalue weighted by atomic mass is 19.4. The summed E-state index contributed by atoms with van der Waals surface area (Å²) in [5.74, 6) is -0.739. The number of benzene rings is 1. The van der Waals surface area contributed by atoms with Gasteiger partial charge in [0.2, 0.25) is 5.91 Å². The van der Waals surface area contributed by atoms with Gasteiger partial charge < -0.3 is 21.6 Å². The number of nitrogens with zero attached hydrogens (tertiary/aromatic N) is 2. The number of amides is 2. The molecule has 1 saturated carbocycles. The van der Waals surface area contributed by atoms with Gasteiger partial charge in [0, 0.05) is 30.6 Å². The first-order valence-electron chi connectivity index (χ1n) is 10.1. The molecule has 3 rings (SSSR count). The molecule has 5 N–H and O–H groups in total. The van der Waals surface area contributed by atoms with Gasteiger partial charge in [-0.15, -0.1) is 0 Å². The molecule has 0 spiro atoms. The maximum Gasteiger partial charge on any atom is 0.416 e. The van der Waals surface area contributed by atoms with Gasteiger partial charge in [-0.1, -0.05) is 11.2 Å². The van der Waals surface area contributed by atoms with E-state index in [9.17, 15) is 22.8 Å². The van der Waals surface area contributed by atoms with Crippen LogP contribution in [0.25, 0.3) is 0 Å². The lowest BCUT2D eigenvalue weighted by molar-refractivity contribution is -0.137. The second kappa shape index (κ2) is 9.54. The minimum Gasteiger partial charge on any atom is -0.409 e. The fourth-order valence-electron chi connectivity index (χ4n) is 4.10. The predicted molar refractivity (Wildman–Crippen MR) is 106 cm³/mol. The molecule has 1 aromatic rings. The van der Waals surface area contributed by atoms with E-state index < -0.39 is 17.6 Å². The van der Waals surface area contributed by atoms with Gasteiger partial charge in [0.25, 0.3) is 5.91 Å². The minimum atomic E-state index is -4.54. The average Bonchev–Trinajstić information content (AvgIpc) is 2.73. The Morgan fingerprint density at radius 2 is 1.87 bits per heavy atom. The summed E-state index contributed by atoms with van der Waals surface area (Å²) in [6, 6.07) is 4.43. The molecule has 2 aliphatic rings. The lowest BCUT2D eigenvalue weighted by atomic mass is 9.83. The van der Waals surface area contributed by atoms with E-state index in [2.05, 4.69) is 20.7 Å². The molecule has 0 radical (unpaired) electrons. The highest BCUT2D eigenvalue weighted by molar-refractivity contribution is 5.96. The Hall–Kier alpha value is -2.82. The molecule has 8 nitrogen and oxygen atoms in total. The lowest BCUT2D eigenvalue weighted by Crippen LogP contribution is -2.63. The molecule has 170 valence electrons. The molecule has 31 heavy (non-hydrogen) atoms. The lowest BCUT2D eigenvalue weighted by Gasteiger charge is -2.46. The van der Waals surface area contributed by atoms with E-state index in [1.807, 2.05) is 0 Å². The molecular weight excluding hydrogens is 415 g/mol. The Kier molecular flexibility index (Phi) is 7.04. The van der Waals surface area contributed by atoms with Crippen LogP contribution in [-0.4, -0.2) is 59.5 Å². The number of carbonyl (C=O) groups excluding carboxylic acids is 2. The predicted octanol–water partition coefficient (Wildman–Crippen LogP) is 1.54. The standard InChI is InChI=1S/C20H26F3N5O3/c21-20(22,23)14-3-1-2-13(8-14)19(30)25-9-17(29)26-15-10-28(11-15)16-6-4-12(5-7-16)18(24)27-31/h1-3,8,12,15-16,31H,4-7,9-11H2,(H2,24,27)(H,25,30)(H,26,29). The van der Waals surface area contributed by atoms with Crippen molar-refractivity contribution in [3.05, 3.63) is 35.4 Å². The number of halogens is 3. The van der Waals surface area contributed by atoms with Gasteiger partial charge in [-0.2, -0.15) is 13.2 Å². The van der Waals surface area contributed by atoms with Crippen molar-refractivity contribution in [3.8, 4) is 0 Å². The van der Waals surface area contributed by atoms with Crippen molar-refractivity contribution in [2.45, 2.75) is 43.9 Å². The highest BCUT2D eigenvalue weighted by Gasteiger charge is 2.36. The fraction of sp³-hybridized carbons (Fsp3) is 0.550. The second-order valence-electron chi connectivity index (χ2n) is 8.01. The van der Waals surface area contributed by atoms with Crippen molar-refractivity contribution >= 4 is 17.6 Å². The number of rotatable bonds is 6. The van der Waals surface area contributed by atoms with Crippen LogP contribution in [0.2, 0.25) is 0 Å². The van der Waals surface area contributed by atoms with Gasteiger partial charge in [0.15, 0.2) is 0 Å². The van der Waals surface area contributed by atoms with E-state index in [0.29, 0.717) is 19.1 Å². The minimum absolute atomic E-state index is 0.0280. The second-order valence-corrected chi connectivity index (χ2v) is 8.01. The number of carbonyl (C=O) groups is 2. The van der Waals surface area contributed by atoms with E-state index in [0.717, 1.165) is 43.9 Å². The van der Waals surface area contributed by atoms with Gasteiger partial charge in [-0.25, -0.2) is 0 Å². The Labute approximate surface area is 177 Å². The van der Waals surface area contributed by atoms with E-state index >= 15 is 0 Å². The Morgan fingerprint density at radius 3 is 2.48 bits per heavy atom. The maximum absolute atomic E-state index is 12.8. The number of oxime groups is 1. The maximum atomic E-state index is 12.8. The fourth-order valence-corrected chi connectivity index (χ4v) is 4.10. The number of hydrogen-bond acceptors (Lipinski definition) is 5. The monoisotopic (exact) mass is 441 g/mol. The summed E-state index contributed by atoms with van der Waals surface area (Å²) >= 11 is 0. The third-order valence-corrected chi connectivity index (χ3v) is 5.88. The summed E-state index contributed by atoms with van der Waals surface area (Å²) in [5.41, 5.74) is 4.59. The molecule has 0 bridgehead atoms. The molecule has 1 aliphatic carbocycles. The summed E-state index contributed by atoms with van der Waals surface area (Å²) < 4.78 is 38.3. The Balaban J connectivity index is 1.37. The molecule has 2 fully saturated rings. The molecule has 0 aromatic heterocycles. The first-order valence-corrected chi connectivity index (χ1v) is 10.1. The summed E-state index contributed by atoms with van der Waals surface area (Å²) in [5, 5.41) is 17.0. The third-order valence-electron chi connectivity index (χ3n) is 5.88. The number of nitrogens with one attached hydrogen (secondary N) is 2. The van der Waals surface area contributed by atoms with Crippen LogP contribution >= 0.6 is 0 Å². The molecule has 1 aromatic carbocycles. The van der Waals surface area contributed by atoms with E-state index in [1.165, 1.54) is 6.07 Å². The first-order chi connectivity index (χ1) is 14.7. The molecule has 1 saturated heterocycles. The van der Waals surface area contributed by atoms with Gasteiger partial charge in [-0.3, -0.25) is 14.5 Å². The molecule has 0 unspecified atom stereocenters. The molecule has 0 atom stereocenters. The van der Waals surface area contributed by atoms with Crippen molar-refractivity contribution < 1.29 is 28.0 Å². The highest BCUT2D eigenvalue weighted by Crippen LogP contribution is 2.30. The third kappa shape index (κ3) is 5.87. The number of amidine groups is 1. The molecule has 1 heterocycles. The topological polar surface area (TPSA) is 120 Å². The van der Waals surface area contributed by atoms with Crippen molar-refractivity contribution in [1.82, 2.24) is 15.5 Å². The quantitative estimate of drug-likeness (QED) is 0.231. The van der Waals surface area contributed by atoms with E-state index in [-0.39, 0.29) is 35.8 Å². The van der Waals surface area contributed by atoms with E-state index in [4.69, 9.17) is 10.9 Å². The largest absolute Gasteiger partial charge is 0.416 e. The first kappa shape index (κ1) is 22.9. The van der Waals surface area contributed by atoms with Crippen LogP contribution in [-0.2, 0) is 11.0 Å². The van der Waals surface area contributed by atoms with Gasteiger partial charge in [0.05, 0.1) is 18.2 Å².